The van der Waals surface area contributed by atoms with E-state index in [4.69, 9.17) is 5.11 Å². The molecule has 0 aliphatic rings. The predicted molar refractivity (Wildman–Crippen MR) is 71.8 cm³/mol. The number of aliphatic hydroxyl groups is 1. The minimum Gasteiger partial charge on any atom is -0.395 e. The van der Waals surface area contributed by atoms with Gasteiger partial charge < -0.3 is 5.11 Å². The van der Waals surface area contributed by atoms with Gasteiger partial charge in [0.2, 0.25) is 0 Å². The van der Waals surface area contributed by atoms with Gasteiger partial charge in [-0.25, -0.2) is 0 Å². The van der Waals surface area contributed by atoms with Gasteiger partial charge in [-0.3, -0.25) is 10.1 Å². The number of carbonyl (C=O) groups is 1. The van der Waals surface area contributed by atoms with E-state index >= 15 is 0 Å². The molecule has 2 aromatic rings. The molecule has 0 radical (unpaired) electrons. The van der Waals surface area contributed by atoms with Gasteiger partial charge in [-0.2, -0.15) is 4.80 Å². The highest BCUT2D eigenvalue weighted by Crippen LogP contribution is 2.09. The molecule has 0 saturated carbocycles. The maximum atomic E-state index is 12.1. The van der Waals surface area contributed by atoms with Gasteiger partial charge in [0.1, 0.15) is 0 Å². The van der Waals surface area contributed by atoms with Crippen molar-refractivity contribution in [2.45, 2.75) is 6.42 Å². The lowest BCUT2D eigenvalue weighted by atomic mass is 10.1. The number of amides is 1. The Balaban J connectivity index is 2.19. The Labute approximate surface area is 115 Å². The van der Waals surface area contributed by atoms with E-state index in [9.17, 15) is 4.79 Å². The zero-order valence-corrected chi connectivity index (χ0v) is 10.9. The minimum absolute atomic E-state index is 0.00904. The highest BCUT2D eigenvalue weighted by atomic mass is 16.2. The molecule has 0 fully saturated rings. The molecular weight excluding hydrogens is 258 g/mol. The summed E-state index contributed by atoms with van der Waals surface area (Å²) in [5.41, 5.74) is 1.01. The third-order valence-corrected chi connectivity index (χ3v) is 2.37. The van der Waals surface area contributed by atoms with E-state index in [0.717, 1.165) is 0 Å². The number of nitrogens with zero attached hydrogens (tertiary/aromatic N) is 4. The number of rotatable bonds is 3. The van der Waals surface area contributed by atoms with Crippen molar-refractivity contribution in [2.24, 2.45) is 7.05 Å². The van der Waals surface area contributed by atoms with E-state index in [1.165, 1.54) is 4.80 Å². The second-order valence-corrected chi connectivity index (χ2v) is 3.88. The maximum absolute atomic E-state index is 12.1. The highest BCUT2D eigenvalue weighted by Gasteiger charge is 2.12. The second kappa shape index (κ2) is 6.45. The van der Waals surface area contributed by atoms with E-state index in [0.29, 0.717) is 17.5 Å². The number of tetrazole rings is 1. The lowest BCUT2D eigenvalue weighted by Crippen LogP contribution is -2.14. The van der Waals surface area contributed by atoms with Crippen LogP contribution in [-0.4, -0.2) is 37.8 Å². The van der Waals surface area contributed by atoms with Crippen LogP contribution in [0.4, 0.5) is 5.95 Å². The van der Waals surface area contributed by atoms with E-state index in [2.05, 4.69) is 32.6 Å². The minimum atomic E-state index is -0.355. The molecule has 0 saturated heterocycles. The number of anilines is 1. The average molecular weight is 271 g/mol. The molecule has 20 heavy (non-hydrogen) atoms. The quantitative estimate of drug-likeness (QED) is 0.778. The first-order valence-electron chi connectivity index (χ1n) is 5.95. The van der Waals surface area contributed by atoms with Gasteiger partial charge in [0.05, 0.1) is 19.2 Å². The lowest BCUT2D eigenvalue weighted by molar-refractivity contribution is 0.102. The number of hydrogen-bond acceptors (Lipinski definition) is 5. The summed E-state index contributed by atoms with van der Waals surface area (Å²) in [5.74, 6) is 5.42. The number of carbonyl (C=O) groups excluding carboxylic acids is 1. The number of nitrogens with one attached hydrogen (secondary N) is 1. The van der Waals surface area contributed by atoms with Gasteiger partial charge in [0.15, 0.2) is 0 Å². The van der Waals surface area contributed by atoms with Crippen molar-refractivity contribution < 1.29 is 9.90 Å². The Morgan fingerprint density at radius 1 is 1.45 bits per heavy atom. The molecule has 1 heterocycles. The molecule has 0 spiro atoms. The lowest BCUT2D eigenvalue weighted by Gasteiger charge is -2.03. The molecule has 0 bridgehead atoms. The molecule has 2 rings (SSSR count). The molecule has 1 aromatic heterocycles. The van der Waals surface area contributed by atoms with Gasteiger partial charge in [0, 0.05) is 12.0 Å². The number of hydrogen-bond donors (Lipinski definition) is 2. The van der Waals surface area contributed by atoms with Crippen molar-refractivity contribution in [3.63, 3.8) is 0 Å². The first kappa shape index (κ1) is 13.7. The molecule has 0 atom stereocenters. The molecule has 0 aliphatic heterocycles. The Morgan fingerprint density at radius 2 is 2.25 bits per heavy atom. The molecule has 0 aliphatic carbocycles. The smallest absolute Gasteiger partial charge is 0.270 e. The fourth-order valence-corrected chi connectivity index (χ4v) is 1.51. The molecule has 7 heteroatoms. The van der Waals surface area contributed by atoms with Crippen LogP contribution in [0, 0.1) is 11.8 Å². The van der Waals surface area contributed by atoms with E-state index in [-0.39, 0.29) is 18.5 Å². The molecule has 2 N–H and O–H groups in total. The van der Waals surface area contributed by atoms with Gasteiger partial charge in [-0.15, -0.1) is 5.10 Å². The number of benzene rings is 1. The number of aliphatic hydroxyl groups excluding tert-OH is 1. The normalized spacial score (nSPS) is 9.70. The Morgan fingerprint density at radius 3 is 2.95 bits per heavy atom. The van der Waals surface area contributed by atoms with Crippen LogP contribution >= 0.6 is 0 Å². The average Bonchev–Trinajstić information content (AvgIpc) is 2.85. The number of aryl methyl sites for hydroxylation is 1. The standard InChI is InChI=1S/C13H13N5O2/c1-18-16-13(15-17-18)14-12(20)11-8-3-2-6-10(11)7-4-5-9-19/h2-3,6,8,19H,5,9H2,1H3,(H,14,16,20). The molecule has 7 nitrogen and oxygen atoms in total. The third kappa shape index (κ3) is 3.40. The third-order valence-electron chi connectivity index (χ3n) is 2.37. The van der Waals surface area contributed by atoms with Crippen LogP contribution in [0.25, 0.3) is 0 Å². The van der Waals surface area contributed by atoms with Crippen molar-refractivity contribution in [1.29, 1.82) is 0 Å². The predicted octanol–water partition coefficient (Wildman–Crippen LogP) is 0.196. The van der Waals surface area contributed by atoms with E-state index in [1.54, 1.807) is 31.3 Å². The van der Waals surface area contributed by atoms with E-state index < -0.39 is 0 Å². The summed E-state index contributed by atoms with van der Waals surface area (Å²) in [6.07, 6.45) is 0.363. The Hall–Kier alpha value is -2.72. The van der Waals surface area contributed by atoms with Crippen LogP contribution in [-0.2, 0) is 7.05 Å². The van der Waals surface area contributed by atoms with Crippen LogP contribution in [0.3, 0.4) is 0 Å². The van der Waals surface area contributed by atoms with Crippen LogP contribution in [0.1, 0.15) is 22.3 Å². The SMILES string of the molecule is Cn1nnc(NC(=O)c2ccccc2C#CCCO)n1. The molecule has 1 aromatic carbocycles. The van der Waals surface area contributed by atoms with Crippen molar-refractivity contribution in [1.82, 2.24) is 20.2 Å². The summed E-state index contributed by atoms with van der Waals surface area (Å²) in [5, 5.41) is 22.5. The van der Waals surface area contributed by atoms with Gasteiger partial charge in [-0.05, 0) is 17.3 Å². The largest absolute Gasteiger partial charge is 0.395 e. The fraction of sp³-hybridized carbons (Fsp3) is 0.231. The topological polar surface area (TPSA) is 92.9 Å². The summed E-state index contributed by atoms with van der Waals surface area (Å²) in [6.45, 7) is -0.00904. The first-order chi connectivity index (χ1) is 9.70. The zero-order valence-electron chi connectivity index (χ0n) is 10.9. The van der Waals surface area contributed by atoms with Gasteiger partial charge in [-0.1, -0.05) is 29.1 Å². The fourth-order valence-electron chi connectivity index (χ4n) is 1.51. The molecule has 1 amide bonds. The van der Waals surface area contributed by atoms with Crippen LogP contribution < -0.4 is 5.32 Å². The summed E-state index contributed by atoms with van der Waals surface area (Å²) < 4.78 is 0. The van der Waals surface area contributed by atoms with E-state index in [1.807, 2.05) is 0 Å². The zero-order chi connectivity index (χ0) is 14.4. The van der Waals surface area contributed by atoms with Crippen molar-refractivity contribution in [2.75, 3.05) is 11.9 Å². The number of aromatic nitrogens is 4. The maximum Gasteiger partial charge on any atom is 0.270 e. The summed E-state index contributed by atoms with van der Waals surface area (Å²) in [4.78, 5) is 13.4. The van der Waals surface area contributed by atoms with Crippen molar-refractivity contribution >= 4 is 11.9 Å². The molecular formula is C13H13N5O2. The Bertz CT molecular complexity index is 669. The van der Waals surface area contributed by atoms with Gasteiger partial charge in [0.25, 0.3) is 11.9 Å². The second-order valence-electron chi connectivity index (χ2n) is 3.88. The molecule has 0 unspecified atom stereocenters. The van der Waals surface area contributed by atoms with Crippen LogP contribution in [0.15, 0.2) is 24.3 Å². The monoisotopic (exact) mass is 271 g/mol. The summed E-state index contributed by atoms with van der Waals surface area (Å²) in [7, 11) is 1.61. The summed E-state index contributed by atoms with van der Waals surface area (Å²) >= 11 is 0. The van der Waals surface area contributed by atoms with Gasteiger partial charge >= 0.3 is 0 Å². The van der Waals surface area contributed by atoms with Crippen LogP contribution in [0.5, 0.6) is 0 Å². The molecule has 102 valence electrons. The Kier molecular flexibility index (Phi) is 4.42. The van der Waals surface area contributed by atoms with Crippen LogP contribution in [0.2, 0.25) is 0 Å². The first-order valence-corrected chi connectivity index (χ1v) is 5.95. The van der Waals surface area contributed by atoms with Crippen molar-refractivity contribution in [3.05, 3.63) is 35.4 Å². The summed E-state index contributed by atoms with van der Waals surface area (Å²) in [6, 6.07) is 6.94. The van der Waals surface area contributed by atoms with Crippen molar-refractivity contribution in [3.8, 4) is 11.8 Å². The highest BCUT2D eigenvalue weighted by molar-refractivity contribution is 6.05.